The van der Waals surface area contributed by atoms with Crippen LogP contribution in [-0.2, 0) is 9.84 Å². The Hall–Kier alpha value is -1.76. The van der Waals surface area contributed by atoms with Crippen molar-refractivity contribution >= 4 is 27.1 Å². The van der Waals surface area contributed by atoms with E-state index in [0.29, 0.717) is 23.4 Å². The third-order valence-electron chi connectivity index (χ3n) is 3.45. The zero-order valence-electron chi connectivity index (χ0n) is 10.7. The number of amides is 1. The van der Waals surface area contributed by atoms with E-state index in [1.165, 1.54) is 6.07 Å². The molecule has 0 radical (unpaired) electrons. The summed E-state index contributed by atoms with van der Waals surface area (Å²) < 4.78 is 23.0. The summed E-state index contributed by atoms with van der Waals surface area (Å²) in [6, 6.07) is 4.72. The van der Waals surface area contributed by atoms with Gasteiger partial charge in [0.15, 0.2) is 9.84 Å². The molecule has 19 heavy (non-hydrogen) atoms. The van der Waals surface area contributed by atoms with Gasteiger partial charge in [0.1, 0.15) is 0 Å². The van der Waals surface area contributed by atoms with E-state index >= 15 is 0 Å². The smallest absolute Gasteiger partial charge is 0.248 e. The third kappa shape index (κ3) is 2.81. The van der Waals surface area contributed by atoms with Crippen LogP contribution >= 0.6 is 0 Å². The van der Waals surface area contributed by atoms with E-state index in [1.807, 2.05) is 4.90 Å². The van der Waals surface area contributed by atoms with Crippen LogP contribution in [0.5, 0.6) is 0 Å². The molecule has 1 atom stereocenters. The van der Waals surface area contributed by atoms with E-state index in [9.17, 15) is 13.2 Å². The highest BCUT2D eigenvalue weighted by Gasteiger charge is 2.31. The zero-order chi connectivity index (χ0) is 14.2. The summed E-state index contributed by atoms with van der Waals surface area (Å²) in [6.07, 6.45) is 0.593. The second-order valence-electron chi connectivity index (χ2n) is 4.81. The first-order chi connectivity index (χ1) is 8.80. The number of nitrogens with zero attached hydrogens (tertiary/aromatic N) is 1. The fourth-order valence-corrected chi connectivity index (χ4v) is 4.08. The van der Waals surface area contributed by atoms with Gasteiger partial charge in [-0.1, -0.05) is 0 Å². The molecule has 1 aromatic rings. The number of primary amides is 1. The van der Waals surface area contributed by atoms with E-state index < -0.39 is 15.7 Å². The maximum absolute atomic E-state index is 11.5. The third-order valence-corrected chi connectivity index (χ3v) is 5.20. The molecule has 2 rings (SSSR count). The molecule has 6 nitrogen and oxygen atoms in total. The Morgan fingerprint density at radius 3 is 2.58 bits per heavy atom. The van der Waals surface area contributed by atoms with Crippen LogP contribution in [0.4, 0.5) is 11.4 Å². The number of rotatable bonds is 3. The molecule has 1 fully saturated rings. The summed E-state index contributed by atoms with van der Waals surface area (Å²) in [6.45, 7) is 0. The Morgan fingerprint density at radius 1 is 1.42 bits per heavy atom. The molecule has 0 aliphatic carbocycles. The van der Waals surface area contributed by atoms with Gasteiger partial charge in [-0.2, -0.15) is 0 Å². The van der Waals surface area contributed by atoms with Gasteiger partial charge in [-0.05, 0) is 24.6 Å². The van der Waals surface area contributed by atoms with Crippen LogP contribution in [0.1, 0.15) is 16.8 Å². The summed E-state index contributed by atoms with van der Waals surface area (Å²) in [5.41, 5.74) is 12.6. The lowest BCUT2D eigenvalue weighted by molar-refractivity contribution is 0.100. The number of nitrogens with two attached hydrogens (primary N) is 2. The Kier molecular flexibility index (Phi) is 3.40. The van der Waals surface area contributed by atoms with Crippen LogP contribution < -0.4 is 16.4 Å². The largest absolute Gasteiger partial charge is 0.397 e. The summed E-state index contributed by atoms with van der Waals surface area (Å²) in [7, 11) is -1.13. The lowest BCUT2D eigenvalue weighted by Gasteiger charge is -2.27. The molecule has 1 aliphatic heterocycles. The van der Waals surface area contributed by atoms with Crippen molar-refractivity contribution in [2.75, 3.05) is 29.2 Å². The van der Waals surface area contributed by atoms with E-state index in [0.717, 1.165) is 0 Å². The maximum Gasteiger partial charge on any atom is 0.248 e. The van der Waals surface area contributed by atoms with Crippen molar-refractivity contribution in [1.82, 2.24) is 0 Å². The zero-order valence-corrected chi connectivity index (χ0v) is 11.5. The van der Waals surface area contributed by atoms with Crippen LogP contribution in [-0.4, -0.2) is 38.9 Å². The number of carbonyl (C=O) groups is 1. The number of anilines is 2. The second kappa shape index (κ2) is 4.73. The molecule has 0 aromatic heterocycles. The van der Waals surface area contributed by atoms with Crippen LogP contribution in [0.3, 0.4) is 0 Å². The monoisotopic (exact) mass is 283 g/mol. The fraction of sp³-hybridized carbons (Fsp3) is 0.417. The normalized spacial score (nSPS) is 21.2. The van der Waals surface area contributed by atoms with Crippen LogP contribution in [0, 0.1) is 0 Å². The molecule has 1 aliphatic rings. The predicted molar refractivity (Wildman–Crippen MR) is 74.8 cm³/mol. The molecule has 4 N–H and O–H groups in total. The molecular formula is C12H17N3O3S. The fourth-order valence-electron chi connectivity index (χ4n) is 2.31. The minimum Gasteiger partial charge on any atom is -0.397 e. The van der Waals surface area contributed by atoms with Crippen molar-refractivity contribution < 1.29 is 13.2 Å². The number of hydrogen-bond donors (Lipinski definition) is 2. The molecule has 1 unspecified atom stereocenters. The molecule has 1 amide bonds. The molecule has 0 bridgehead atoms. The van der Waals surface area contributed by atoms with Crippen molar-refractivity contribution in [2.24, 2.45) is 5.73 Å². The highest BCUT2D eigenvalue weighted by Crippen LogP contribution is 2.28. The quantitative estimate of drug-likeness (QED) is 0.759. The second-order valence-corrected chi connectivity index (χ2v) is 7.03. The summed E-state index contributed by atoms with van der Waals surface area (Å²) in [5.74, 6) is -0.189. The summed E-state index contributed by atoms with van der Waals surface area (Å²) in [5, 5.41) is 0. The minimum absolute atomic E-state index is 0.0771. The van der Waals surface area contributed by atoms with E-state index in [2.05, 4.69) is 0 Å². The van der Waals surface area contributed by atoms with E-state index in [1.54, 1.807) is 19.2 Å². The van der Waals surface area contributed by atoms with Gasteiger partial charge in [0.25, 0.3) is 0 Å². The van der Waals surface area contributed by atoms with Gasteiger partial charge in [-0.25, -0.2) is 8.42 Å². The predicted octanol–water partition coefficient (Wildman–Crippen LogP) is -0.00900. The average Bonchev–Trinajstić information content (AvgIpc) is 2.68. The van der Waals surface area contributed by atoms with Gasteiger partial charge >= 0.3 is 0 Å². The number of sulfone groups is 1. The van der Waals surface area contributed by atoms with Crippen LogP contribution in [0.15, 0.2) is 18.2 Å². The average molecular weight is 283 g/mol. The summed E-state index contributed by atoms with van der Waals surface area (Å²) in [4.78, 5) is 12.9. The van der Waals surface area contributed by atoms with E-state index in [4.69, 9.17) is 11.5 Å². The van der Waals surface area contributed by atoms with Crippen molar-refractivity contribution in [3.8, 4) is 0 Å². The van der Waals surface area contributed by atoms with E-state index in [-0.39, 0.29) is 17.5 Å². The Labute approximate surface area is 112 Å². The van der Waals surface area contributed by atoms with Crippen molar-refractivity contribution in [1.29, 1.82) is 0 Å². The lowest BCUT2D eigenvalue weighted by Crippen LogP contribution is -2.33. The Morgan fingerprint density at radius 2 is 2.11 bits per heavy atom. The Balaban J connectivity index is 2.25. The first-order valence-electron chi connectivity index (χ1n) is 5.93. The van der Waals surface area contributed by atoms with Crippen LogP contribution in [0.25, 0.3) is 0 Å². The highest BCUT2D eigenvalue weighted by atomic mass is 32.2. The molecule has 104 valence electrons. The minimum atomic E-state index is -2.94. The van der Waals surface area contributed by atoms with Gasteiger partial charge in [-0.15, -0.1) is 0 Å². The van der Waals surface area contributed by atoms with Gasteiger partial charge < -0.3 is 16.4 Å². The number of nitrogen functional groups attached to an aromatic ring is 1. The Bertz CT molecular complexity index is 613. The van der Waals surface area contributed by atoms with Gasteiger partial charge in [0.2, 0.25) is 5.91 Å². The van der Waals surface area contributed by atoms with Crippen LogP contribution in [0.2, 0.25) is 0 Å². The maximum atomic E-state index is 11.5. The molecule has 1 saturated heterocycles. The number of hydrogen-bond acceptors (Lipinski definition) is 5. The summed E-state index contributed by atoms with van der Waals surface area (Å²) >= 11 is 0. The van der Waals surface area contributed by atoms with Crippen molar-refractivity contribution in [3.63, 3.8) is 0 Å². The standard InChI is InChI=1S/C12H17N3O3S/c1-15(9-4-5-19(17,18)7-9)11-3-2-8(12(14)16)6-10(11)13/h2-3,6,9H,4-5,7,13H2,1H3,(H2,14,16). The van der Waals surface area contributed by atoms with Gasteiger partial charge in [0.05, 0.1) is 22.9 Å². The SMILES string of the molecule is CN(c1ccc(C(N)=O)cc1N)C1CCS(=O)(=O)C1. The lowest BCUT2D eigenvalue weighted by atomic mass is 10.1. The highest BCUT2D eigenvalue weighted by molar-refractivity contribution is 7.91. The topological polar surface area (TPSA) is 106 Å². The number of carbonyl (C=O) groups excluding carboxylic acids is 1. The first kappa shape index (κ1) is 13.7. The molecule has 1 aromatic carbocycles. The van der Waals surface area contributed by atoms with Gasteiger partial charge in [0, 0.05) is 18.7 Å². The van der Waals surface area contributed by atoms with Crippen molar-refractivity contribution in [2.45, 2.75) is 12.5 Å². The molecule has 0 spiro atoms. The molecular weight excluding hydrogens is 266 g/mol. The van der Waals surface area contributed by atoms with Gasteiger partial charge in [-0.3, -0.25) is 4.79 Å². The number of benzene rings is 1. The molecule has 0 saturated carbocycles. The molecule has 1 heterocycles. The molecule has 7 heteroatoms. The first-order valence-corrected chi connectivity index (χ1v) is 7.75. The van der Waals surface area contributed by atoms with Crippen molar-refractivity contribution in [3.05, 3.63) is 23.8 Å².